The molecule has 116 valence electrons. The second-order valence-electron chi connectivity index (χ2n) is 4.40. The molecule has 0 aliphatic heterocycles. The van der Waals surface area contributed by atoms with Gasteiger partial charge < -0.3 is 8.92 Å². The Morgan fingerprint density at radius 1 is 1.00 bits per heavy atom. The molecule has 2 rings (SSSR count). The molecule has 2 aromatic carbocycles. The maximum atomic E-state index is 11.6. The Labute approximate surface area is 128 Å². The standard InChI is InChI=1S/C15H15NO5S/c1-2-20-15(17)13-5-3-11(4-6-13)12-7-9-14(10-8-12)21-22(16,18)19/h3-10H,2H2,1H3,(H2,16,18,19). The Morgan fingerprint density at radius 3 is 1.95 bits per heavy atom. The third-order valence-electron chi connectivity index (χ3n) is 2.80. The van der Waals surface area contributed by atoms with E-state index in [4.69, 9.17) is 9.88 Å². The summed E-state index contributed by atoms with van der Waals surface area (Å²) >= 11 is 0. The zero-order valence-electron chi connectivity index (χ0n) is 11.9. The van der Waals surface area contributed by atoms with Crippen molar-refractivity contribution < 1.29 is 22.1 Å². The summed E-state index contributed by atoms with van der Waals surface area (Å²) in [6.45, 7) is 2.07. The van der Waals surface area contributed by atoms with Crippen molar-refractivity contribution in [3.05, 3.63) is 54.1 Å². The van der Waals surface area contributed by atoms with Gasteiger partial charge in [0.1, 0.15) is 5.75 Å². The predicted octanol–water partition coefficient (Wildman–Crippen LogP) is 2.11. The Hall–Kier alpha value is -2.38. The average Bonchev–Trinajstić information content (AvgIpc) is 2.47. The molecular formula is C15H15NO5S. The summed E-state index contributed by atoms with van der Waals surface area (Å²) in [6.07, 6.45) is 0. The first-order valence-electron chi connectivity index (χ1n) is 6.49. The van der Waals surface area contributed by atoms with E-state index < -0.39 is 10.3 Å². The Bertz CT molecular complexity index is 752. The fraction of sp³-hybridized carbons (Fsp3) is 0.133. The number of ether oxygens (including phenoxy) is 1. The minimum atomic E-state index is -4.03. The molecule has 0 atom stereocenters. The summed E-state index contributed by atoms with van der Waals surface area (Å²) in [4.78, 5) is 11.6. The third-order valence-corrected chi connectivity index (χ3v) is 3.22. The lowest BCUT2D eigenvalue weighted by Gasteiger charge is -2.06. The molecule has 0 amide bonds. The molecule has 2 N–H and O–H groups in total. The summed E-state index contributed by atoms with van der Waals surface area (Å²) in [5.74, 6) is -0.236. The van der Waals surface area contributed by atoms with E-state index in [-0.39, 0.29) is 11.7 Å². The lowest BCUT2D eigenvalue weighted by atomic mass is 10.0. The topological polar surface area (TPSA) is 95.7 Å². The van der Waals surface area contributed by atoms with Crippen molar-refractivity contribution in [3.8, 4) is 16.9 Å². The van der Waals surface area contributed by atoms with E-state index in [0.29, 0.717) is 12.2 Å². The molecule has 0 heterocycles. The lowest BCUT2D eigenvalue weighted by molar-refractivity contribution is 0.0526. The molecule has 0 radical (unpaired) electrons. The molecule has 0 unspecified atom stereocenters. The van der Waals surface area contributed by atoms with Gasteiger partial charge in [-0.05, 0) is 42.3 Å². The first kappa shape index (κ1) is 16.0. The fourth-order valence-corrected chi connectivity index (χ4v) is 2.23. The smallest absolute Gasteiger partial charge is 0.380 e. The van der Waals surface area contributed by atoms with Crippen LogP contribution >= 0.6 is 0 Å². The van der Waals surface area contributed by atoms with E-state index in [9.17, 15) is 13.2 Å². The van der Waals surface area contributed by atoms with Crippen molar-refractivity contribution >= 4 is 16.3 Å². The zero-order valence-corrected chi connectivity index (χ0v) is 12.7. The van der Waals surface area contributed by atoms with Crippen LogP contribution in [0.1, 0.15) is 17.3 Å². The van der Waals surface area contributed by atoms with Gasteiger partial charge in [0.25, 0.3) is 0 Å². The molecule has 0 saturated heterocycles. The molecule has 0 bridgehead atoms. The lowest BCUT2D eigenvalue weighted by Crippen LogP contribution is -2.18. The predicted molar refractivity (Wildman–Crippen MR) is 81.6 cm³/mol. The van der Waals surface area contributed by atoms with Gasteiger partial charge in [-0.3, -0.25) is 0 Å². The van der Waals surface area contributed by atoms with Gasteiger partial charge in [0, 0.05) is 0 Å². The molecular weight excluding hydrogens is 306 g/mol. The molecule has 0 aliphatic carbocycles. The Morgan fingerprint density at radius 2 is 1.50 bits per heavy atom. The van der Waals surface area contributed by atoms with Gasteiger partial charge in [-0.25, -0.2) is 4.79 Å². The van der Waals surface area contributed by atoms with Crippen LogP contribution in [0.3, 0.4) is 0 Å². The van der Waals surface area contributed by atoms with Crippen molar-refractivity contribution in [1.82, 2.24) is 0 Å². The molecule has 22 heavy (non-hydrogen) atoms. The molecule has 0 aromatic heterocycles. The second-order valence-corrected chi connectivity index (χ2v) is 5.55. The highest BCUT2D eigenvalue weighted by molar-refractivity contribution is 7.84. The van der Waals surface area contributed by atoms with Crippen LogP contribution in [0.15, 0.2) is 48.5 Å². The number of hydrogen-bond donors (Lipinski definition) is 1. The molecule has 0 saturated carbocycles. The minimum Gasteiger partial charge on any atom is -0.462 e. The molecule has 6 nitrogen and oxygen atoms in total. The van der Waals surface area contributed by atoms with Crippen LogP contribution in [-0.4, -0.2) is 21.0 Å². The fourth-order valence-electron chi connectivity index (χ4n) is 1.85. The van der Waals surface area contributed by atoms with Gasteiger partial charge in [-0.1, -0.05) is 24.3 Å². The minimum absolute atomic E-state index is 0.134. The number of carbonyl (C=O) groups is 1. The highest BCUT2D eigenvalue weighted by Gasteiger charge is 2.08. The van der Waals surface area contributed by atoms with E-state index in [1.807, 2.05) is 0 Å². The number of carbonyl (C=O) groups excluding carboxylic acids is 1. The van der Waals surface area contributed by atoms with Crippen LogP contribution in [0, 0.1) is 0 Å². The van der Waals surface area contributed by atoms with Crippen LogP contribution in [0.2, 0.25) is 0 Å². The average molecular weight is 321 g/mol. The van der Waals surface area contributed by atoms with Crippen LogP contribution in [0.4, 0.5) is 0 Å². The van der Waals surface area contributed by atoms with Gasteiger partial charge in [-0.2, -0.15) is 13.6 Å². The quantitative estimate of drug-likeness (QED) is 0.851. The first-order chi connectivity index (χ1) is 10.4. The molecule has 0 fully saturated rings. The summed E-state index contributed by atoms with van der Waals surface area (Å²) in [6, 6.07) is 13.3. The highest BCUT2D eigenvalue weighted by atomic mass is 32.2. The Kier molecular flexibility index (Phi) is 4.79. The maximum absolute atomic E-state index is 11.6. The van der Waals surface area contributed by atoms with E-state index in [1.54, 1.807) is 43.3 Å². The van der Waals surface area contributed by atoms with Crippen molar-refractivity contribution in [2.24, 2.45) is 5.14 Å². The second kappa shape index (κ2) is 6.59. The van der Waals surface area contributed by atoms with Crippen molar-refractivity contribution in [2.75, 3.05) is 6.61 Å². The van der Waals surface area contributed by atoms with Crippen molar-refractivity contribution in [2.45, 2.75) is 6.92 Å². The van der Waals surface area contributed by atoms with E-state index in [0.717, 1.165) is 11.1 Å². The number of esters is 1. The molecule has 0 aliphatic rings. The van der Waals surface area contributed by atoms with Crippen LogP contribution in [0.25, 0.3) is 11.1 Å². The van der Waals surface area contributed by atoms with Gasteiger partial charge in [0.05, 0.1) is 12.2 Å². The van der Waals surface area contributed by atoms with E-state index >= 15 is 0 Å². The van der Waals surface area contributed by atoms with Crippen LogP contribution < -0.4 is 9.32 Å². The number of nitrogens with two attached hydrogens (primary N) is 1. The number of rotatable bonds is 5. The monoisotopic (exact) mass is 321 g/mol. The summed E-state index contributed by atoms with van der Waals surface area (Å²) in [5, 5.41) is 4.79. The van der Waals surface area contributed by atoms with Crippen molar-refractivity contribution in [1.29, 1.82) is 0 Å². The van der Waals surface area contributed by atoms with Crippen LogP contribution in [-0.2, 0) is 15.0 Å². The van der Waals surface area contributed by atoms with Gasteiger partial charge in [0.15, 0.2) is 0 Å². The van der Waals surface area contributed by atoms with Crippen LogP contribution in [0.5, 0.6) is 5.75 Å². The molecule has 7 heteroatoms. The maximum Gasteiger partial charge on any atom is 0.380 e. The normalized spacial score (nSPS) is 11.0. The first-order valence-corrected chi connectivity index (χ1v) is 7.96. The largest absolute Gasteiger partial charge is 0.462 e. The number of hydrogen-bond acceptors (Lipinski definition) is 5. The van der Waals surface area contributed by atoms with E-state index in [2.05, 4.69) is 4.18 Å². The Balaban J connectivity index is 2.16. The zero-order chi connectivity index (χ0) is 16.2. The number of benzene rings is 2. The van der Waals surface area contributed by atoms with E-state index in [1.165, 1.54) is 12.1 Å². The molecule has 2 aromatic rings. The van der Waals surface area contributed by atoms with Gasteiger partial charge in [0.2, 0.25) is 0 Å². The summed E-state index contributed by atoms with van der Waals surface area (Å²) in [7, 11) is -4.03. The van der Waals surface area contributed by atoms with Gasteiger partial charge in [-0.15, -0.1) is 0 Å². The van der Waals surface area contributed by atoms with Crippen molar-refractivity contribution in [3.63, 3.8) is 0 Å². The third kappa shape index (κ3) is 4.31. The molecule has 0 spiro atoms. The SMILES string of the molecule is CCOC(=O)c1ccc(-c2ccc(OS(N)(=O)=O)cc2)cc1. The summed E-state index contributed by atoms with van der Waals surface area (Å²) in [5.41, 5.74) is 2.19. The summed E-state index contributed by atoms with van der Waals surface area (Å²) < 4.78 is 31.1. The van der Waals surface area contributed by atoms with Gasteiger partial charge >= 0.3 is 16.3 Å². The highest BCUT2D eigenvalue weighted by Crippen LogP contribution is 2.23.